The third kappa shape index (κ3) is 5.29. The Hall–Kier alpha value is -2.90. The lowest BCUT2D eigenvalue weighted by atomic mass is 10.1. The fraction of sp³-hybridized carbons (Fsp3) is 0.375. The van der Waals surface area contributed by atoms with Crippen molar-refractivity contribution in [2.45, 2.75) is 58.2 Å². The first-order valence-electron chi connectivity index (χ1n) is 10.8. The minimum Gasteiger partial charge on any atom is -0.448 e. The number of pyridine rings is 1. The number of carbonyl (C=O) groups is 1. The molecule has 0 atom stereocenters. The molecule has 3 aromatic rings. The Bertz CT molecular complexity index is 1180. The van der Waals surface area contributed by atoms with Crippen molar-refractivity contribution in [1.82, 2.24) is 14.9 Å². The van der Waals surface area contributed by atoms with E-state index in [0.717, 1.165) is 41.1 Å². The van der Waals surface area contributed by atoms with Gasteiger partial charge in [-0.15, -0.1) is 0 Å². The molecule has 1 fully saturated rings. The molecule has 168 valence electrons. The molecule has 0 saturated heterocycles. The number of nitrogens with zero attached hydrogens (tertiary/aromatic N) is 2. The lowest BCUT2D eigenvalue weighted by Gasteiger charge is -2.12. The number of hydrogen-bond donors (Lipinski definition) is 2. The van der Waals surface area contributed by atoms with Crippen LogP contribution in [0.1, 0.15) is 52.6 Å². The summed E-state index contributed by atoms with van der Waals surface area (Å²) in [7, 11) is 0. The van der Waals surface area contributed by atoms with Crippen molar-refractivity contribution in [3.05, 3.63) is 85.9 Å². The number of carbonyl (C=O) groups excluding carboxylic acids is 1. The molecular formula is C24H27ClN4O3. The zero-order valence-corrected chi connectivity index (χ0v) is 18.8. The van der Waals surface area contributed by atoms with E-state index in [0.29, 0.717) is 42.6 Å². The zero-order valence-electron chi connectivity index (χ0n) is 18.1. The number of benzene rings is 1. The molecule has 2 heterocycles. The summed E-state index contributed by atoms with van der Waals surface area (Å²) in [6, 6.07) is 7.29. The number of rotatable bonds is 9. The number of hydrogen-bond acceptors (Lipinski definition) is 5. The number of amides is 1. The first-order valence-corrected chi connectivity index (χ1v) is 11.2. The van der Waals surface area contributed by atoms with Gasteiger partial charge in [0.2, 0.25) is 5.91 Å². The summed E-state index contributed by atoms with van der Waals surface area (Å²) in [5.74, 6) is 1.03. The van der Waals surface area contributed by atoms with Gasteiger partial charge in [-0.05, 0) is 54.7 Å². The van der Waals surface area contributed by atoms with Gasteiger partial charge in [-0.25, -0.2) is 4.98 Å². The van der Waals surface area contributed by atoms with E-state index in [2.05, 4.69) is 10.3 Å². The van der Waals surface area contributed by atoms with E-state index in [1.54, 1.807) is 29.2 Å². The van der Waals surface area contributed by atoms with Gasteiger partial charge in [0.15, 0.2) is 5.89 Å². The first-order chi connectivity index (χ1) is 15.4. The van der Waals surface area contributed by atoms with E-state index < -0.39 is 0 Å². The van der Waals surface area contributed by atoms with Gasteiger partial charge in [-0.1, -0.05) is 17.7 Å². The molecular weight excluding hydrogens is 428 g/mol. The van der Waals surface area contributed by atoms with Crippen molar-refractivity contribution in [3.8, 4) is 0 Å². The smallest absolute Gasteiger partial charge is 0.254 e. The summed E-state index contributed by atoms with van der Waals surface area (Å²) in [6.45, 7) is 2.99. The highest BCUT2D eigenvalue weighted by Crippen LogP contribution is 2.39. The van der Waals surface area contributed by atoms with E-state index in [4.69, 9.17) is 21.8 Å². The zero-order chi connectivity index (χ0) is 22.7. The van der Waals surface area contributed by atoms with Crippen molar-refractivity contribution in [1.29, 1.82) is 0 Å². The maximum Gasteiger partial charge on any atom is 0.254 e. The van der Waals surface area contributed by atoms with Crippen LogP contribution in [0.3, 0.4) is 0 Å². The van der Waals surface area contributed by atoms with Gasteiger partial charge in [0.25, 0.3) is 5.56 Å². The predicted molar refractivity (Wildman–Crippen MR) is 123 cm³/mol. The van der Waals surface area contributed by atoms with E-state index in [-0.39, 0.29) is 17.9 Å². The fourth-order valence-electron chi connectivity index (χ4n) is 3.67. The number of aromatic nitrogens is 2. The second kappa shape index (κ2) is 9.71. The molecule has 0 spiro atoms. The first kappa shape index (κ1) is 22.3. The van der Waals surface area contributed by atoms with Gasteiger partial charge in [-0.2, -0.15) is 0 Å². The Morgan fingerprint density at radius 1 is 1.31 bits per heavy atom. The Labute approximate surface area is 191 Å². The summed E-state index contributed by atoms with van der Waals surface area (Å²) in [4.78, 5) is 30.1. The SMILES string of the molecule is Cc1ccn(CCc2coc(C3CC3)n2)c(=O)c1CC(=O)NCc1cc(Cl)ccc1CN. The molecule has 0 aliphatic heterocycles. The Kier molecular flexibility index (Phi) is 6.77. The largest absolute Gasteiger partial charge is 0.448 e. The number of halogens is 1. The molecule has 4 rings (SSSR count). The molecule has 1 aromatic carbocycles. The van der Waals surface area contributed by atoms with Crippen LogP contribution in [0.15, 0.2) is 45.9 Å². The minimum atomic E-state index is -0.225. The van der Waals surface area contributed by atoms with E-state index in [1.165, 1.54) is 0 Å². The highest BCUT2D eigenvalue weighted by atomic mass is 35.5. The quantitative estimate of drug-likeness (QED) is 0.516. The lowest BCUT2D eigenvalue weighted by Crippen LogP contribution is -2.31. The van der Waals surface area contributed by atoms with Crippen molar-refractivity contribution in [2.24, 2.45) is 5.73 Å². The second-order valence-corrected chi connectivity index (χ2v) is 8.68. The molecule has 8 heteroatoms. The van der Waals surface area contributed by atoms with Crippen LogP contribution in [0, 0.1) is 6.92 Å². The molecule has 3 N–H and O–H groups in total. The van der Waals surface area contributed by atoms with E-state index in [1.807, 2.05) is 19.1 Å². The monoisotopic (exact) mass is 454 g/mol. The third-order valence-electron chi connectivity index (χ3n) is 5.81. The van der Waals surface area contributed by atoms with Crippen LogP contribution in [0.2, 0.25) is 5.02 Å². The van der Waals surface area contributed by atoms with Crippen molar-refractivity contribution >= 4 is 17.5 Å². The molecule has 32 heavy (non-hydrogen) atoms. The maximum absolute atomic E-state index is 13.0. The molecule has 1 aliphatic rings. The maximum atomic E-state index is 13.0. The number of oxazole rings is 1. The van der Waals surface area contributed by atoms with Crippen LogP contribution in [0.4, 0.5) is 0 Å². The van der Waals surface area contributed by atoms with Crippen LogP contribution < -0.4 is 16.6 Å². The van der Waals surface area contributed by atoms with Crippen LogP contribution in [0.25, 0.3) is 0 Å². The van der Waals surface area contributed by atoms with Gasteiger partial charge in [0.05, 0.1) is 12.1 Å². The average molecular weight is 455 g/mol. The summed E-state index contributed by atoms with van der Waals surface area (Å²) >= 11 is 6.06. The van der Waals surface area contributed by atoms with Crippen molar-refractivity contribution in [2.75, 3.05) is 0 Å². The molecule has 0 unspecified atom stereocenters. The summed E-state index contributed by atoms with van der Waals surface area (Å²) in [6.07, 6.45) is 6.32. The van der Waals surface area contributed by atoms with Crippen LogP contribution in [-0.4, -0.2) is 15.5 Å². The van der Waals surface area contributed by atoms with Crippen molar-refractivity contribution in [3.63, 3.8) is 0 Å². The number of aryl methyl sites for hydroxylation is 3. The molecule has 2 aromatic heterocycles. The van der Waals surface area contributed by atoms with Gasteiger partial charge in [-0.3, -0.25) is 9.59 Å². The summed E-state index contributed by atoms with van der Waals surface area (Å²) in [5.41, 5.74) is 9.53. The predicted octanol–water partition coefficient (Wildman–Crippen LogP) is 3.24. The van der Waals surface area contributed by atoms with Crippen molar-refractivity contribution < 1.29 is 9.21 Å². The molecule has 0 radical (unpaired) electrons. The highest BCUT2D eigenvalue weighted by Gasteiger charge is 2.28. The molecule has 1 amide bonds. The summed E-state index contributed by atoms with van der Waals surface area (Å²) < 4.78 is 7.15. The van der Waals surface area contributed by atoms with Gasteiger partial charge < -0.3 is 20.0 Å². The van der Waals surface area contributed by atoms with Crippen LogP contribution in [-0.2, 0) is 37.3 Å². The molecule has 1 aliphatic carbocycles. The molecule has 0 bridgehead atoms. The lowest BCUT2D eigenvalue weighted by molar-refractivity contribution is -0.120. The standard InChI is InChI=1S/C24H27ClN4O3/c1-15-6-8-29(9-7-20-14-32-23(28-20)16-2-3-16)24(31)21(15)11-22(30)27-13-18-10-19(25)5-4-17(18)12-26/h4-6,8,10,14,16H,2-3,7,9,11-13,26H2,1H3,(H,27,30). The average Bonchev–Trinajstić information content (AvgIpc) is 3.53. The second-order valence-electron chi connectivity index (χ2n) is 8.25. The van der Waals surface area contributed by atoms with Crippen LogP contribution in [0.5, 0.6) is 0 Å². The molecule has 1 saturated carbocycles. The highest BCUT2D eigenvalue weighted by molar-refractivity contribution is 6.30. The Balaban J connectivity index is 1.40. The van der Waals surface area contributed by atoms with Crippen LogP contribution >= 0.6 is 11.6 Å². The Morgan fingerprint density at radius 2 is 2.12 bits per heavy atom. The fourth-order valence-corrected chi connectivity index (χ4v) is 3.86. The molecule has 7 nitrogen and oxygen atoms in total. The Morgan fingerprint density at radius 3 is 2.88 bits per heavy atom. The normalized spacial score (nSPS) is 13.3. The van der Waals surface area contributed by atoms with E-state index in [9.17, 15) is 9.59 Å². The third-order valence-corrected chi connectivity index (χ3v) is 6.04. The topological polar surface area (TPSA) is 103 Å². The number of nitrogens with two attached hydrogens (primary N) is 1. The summed E-state index contributed by atoms with van der Waals surface area (Å²) in [5, 5.41) is 3.46. The minimum absolute atomic E-state index is 0.0137. The van der Waals surface area contributed by atoms with E-state index >= 15 is 0 Å². The van der Waals surface area contributed by atoms with Gasteiger partial charge >= 0.3 is 0 Å². The van der Waals surface area contributed by atoms with Gasteiger partial charge in [0.1, 0.15) is 6.26 Å². The number of nitrogens with one attached hydrogen (secondary N) is 1. The van der Waals surface area contributed by atoms with Gasteiger partial charge in [0, 0.05) is 48.8 Å².